The van der Waals surface area contributed by atoms with E-state index >= 15 is 0 Å². The van der Waals surface area contributed by atoms with Gasteiger partial charge in [-0.3, -0.25) is 0 Å². The molecule has 0 aliphatic carbocycles. The molecule has 3 rings (SSSR count). The number of hydrogen-bond acceptors (Lipinski definition) is 8. The molecule has 4 atom stereocenters. The van der Waals surface area contributed by atoms with Crippen LogP contribution in [-0.4, -0.2) is 81.9 Å². The number of nitrogens with zero attached hydrogens (tertiary/aromatic N) is 2. The monoisotopic (exact) mass is 580 g/mol. The topological polar surface area (TPSA) is 52.6 Å². The van der Waals surface area contributed by atoms with Crippen LogP contribution in [0.1, 0.15) is 68.2 Å². The van der Waals surface area contributed by atoms with Gasteiger partial charge in [-0.05, 0) is 25.0 Å². The fourth-order valence-electron chi connectivity index (χ4n) is 6.43. The third-order valence-electron chi connectivity index (χ3n) is 8.30. The fraction of sp³-hybridized carbons (Fsp3) is 0.812. The van der Waals surface area contributed by atoms with E-state index < -0.39 is 0 Å². The van der Waals surface area contributed by atoms with Gasteiger partial charge >= 0.3 is 0 Å². The molecule has 0 amide bonds. The zero-order valence-electron chi connectivity index (χ0n) is 27.0. The van der Waals surface area contributed by atoms with Crippen molar-refractivity contribution in [3.8, 4) is 0 Å². The molecule has 0 saturated carbocycles. The first-order chi connectivity index (χ1) is 19.0. The summed E-state index contributed by atoms with van der Waals surface area (Å²) in [4.78, 5) is 5.09. The molecule has 3 aliphatic rings. The van der Waals surface area contributed by atoms with Gasteiger partial charge < -0.3 is 33.5 Å². The van der Waals surface area contributed by atoms with Crippen molar-refractivity contribution < 1.29 is 23.7 Å². The SMILES string of the molecule is COCCN1C(C(C)C)=C(C(C)C)OCC1CC(C)C1=C(C(C)C)OCC(CC(C)C2=C(SC)OCCO2)N1C. The van der Waals surface area contributed by atoms with Gasteiger partial charge in [0.15, 0.2) is 5.09 Å². The summed E-state index contributed by atoms with van der Waals surface area (Å²) in [6.07, 6.45) is 4.00. The van der Waals surface area contributed by atoms with Crippen LogP contribution in [0.15, 0.2) is 33.8 Å². The van der Waals surface area contributed by atoms with Crippen molar-refractivity contribution in [1.82, 2.24) is 9.80 Å². The highest BCUT2D eigenvalue weighted by Gasteiger charge is 2.38. The van der Waals surface area contributed by atoms with Gasteiger partial charge in [-0.1, -0.05) is 67.2 Å². The van der Waals surface area contributed by atoms with E-state index in [1.165, 1.54) is 11.4 Å². The molecule has 0 radical (unpaired) electrons. The molecular weight excluding hydrogens is 524 g/mol. The summed E-state index contributed by atoms with van der Waals surface area (Å²) in [6.45, 7) is 22.3. The third kappa shape index (κ3) is 7.58. The van der Waals surface area contributed by atoms with Crippen molar-refractivity contribution in [2.45, 2.75) is 80.3 Å². The van der Waals surface area contributed by atoms with Crippen molar-refractivity contribution in [2.24, 2.45) is 29.6 Å². The molecule has 0 spiro atoms. The predicted molar refractivity (Wildman–Crippen MR) is 164 cm³/mol. The summed E-state index contributed by atoms with van der Waals surface area (Å²) >= 11 is 1.63. The Morgan fingerprint density at radius 2 is 1.32 bits per heavy atom. The van der Waals surface area contributed by atoms with Crippen LogP contribution in [0.5, 0.6) is 0 Å². The number of likely N-dealkylation sites (N-methyl/N-ethyl adjacent to an activating group) is 1. The second-order valence-corrected chi connectivity index (χ2v) is 13.3. The Morgan fingerprint density at radius 3 is 1.90 bits per heavy atom. The van der Waals surface area contributed by atoms with Crippen LogP contribution in [0.2, 0.25) is 0 Å². The molecule has 0 N–H and O–H groups in total. The maximum absolute atomic E-state index is 6.56. The number of rotatable bonds is 13. The molecule has 230 valence electrons. The van der Waals surface area contributed by atoms with E-state index in [1.54, 1.807) is 18.9 Å². The lowest BCUT2D eigenvalue weighted by Gasteiger charge is -2.46. The summed E-state index contributed by atoms with van der Waals surface area (Å²) in [7, 11) is 4.05. The summed E-state index contributed by atoms with van der Waals surface area (Å²) in [5, 5.41) is 0.924. The Balaban J connectivity index is 1.85. The molecule has 0 fully saturated rings. The first-order valence-corrected chi connectivity index (χ1v) is 16.5. The molecule has 40 heavy (non-hydrogen) atoms. The minimum absolute atomic E-state index is 0.250. The largest absolute Gasteiger partial charge is 0.494 e. The van der Waals surface area contributed by atoms with Crippen LogP contribution in [0, 0.1) is 29.6 Å². The van der Waals surface area contributed by atoms with Gasteiger partial charge in [-0.15, -0.1) is 0 Å². The van der Waals surface area contributed by atoms with Crippen molar-refractivity contribution >= 4 is 11.8 Å². The highest BCUT2D eigenvalue weighted by molar-refractivity contribution is 8.02. The third-order valence-corrected chi connectivity index (χ3v) is 8.99. The van der Waals surface area contributed by atoms with E-state index in [0.717, 1.165) is 41.8 Å². The van der Waals surface area contributed by atoms with E-state index in [4.69, 9.17) is 23.7 Å². The van der Waals surface area contributed by atoms with Gasteiger partial charge in [0.2, 0.25) is 0 Å². The quantitative estimate of drug-likeness (QED) is 0.239. The van der Waals surface area contributed by atoms with E-state index in [2.05, 4.69) is 78.5 Å². The second kappa shape index (κ2) is 15.0. The van der Waals surface area contributed by atoms with Crippen LogP contribution in [0.4, 0.5) is 0 Å². The molecule has 4 unspecified atom stereocenters. The standard InChI is InChI=1S/C32H56N2O5S/c1-20(2)27-29(21(3)4)39-19-26(34(27)12-13-35-10)16-23(7)28-30(22(5)6)38-18-25(33(28)9)17-24(8)31-32(40-11)37-15-14-36-31/h20-26H,12-19H2,1-11H3. The summed E-state index contributed by atoms with van der Waals surface area (Å²) < 4.78 is 30.6. The lowest BCUT2D eigenvalue weighted by Crippen LogP contribution is -2.48. The molecule has 0 aromatic heterocycles. The van der Waals surface area contributed by atoms with E-state index in [-0.39, 0.29) is 18.0 Å². The van der Waals surface area contributed by atoms with Gasteiger partial charge in [-0.25, -0.2) is 0 Å². The van der Waals surface area contributed by atoms with E-state index in [0.29, 0.717) is 56.7 Å². The van der Waals surface area contributed by atoms with Gasteiger partial charge in [0.1, 0.15) is 43.7 Å². The molecule has 0 aromatic rings. The normalized spacial score (nSPS) is 23.9. The Hall–Kier alpha value is -1.67. The highest BCUT2D eigenvalue weighted by atomic mass is 32.2. The average molecular weight is 581 g/mol. The first kappa shape index (κ1) is 32.8. The molecule has 7 nitrogen and oxygen atoms in total. The molecule has 0 aromatic carbocycles. The maximum atomic E-state index is 6.56. The minimum Gasteiger partial charge on any atom is -0.494 e. The Bertz CT molecular complexity index is 928. The first-order valence-electron chi connectivity index (χ1n) is 15.3. The lowest BCUT2D eigenvalue weighted by molar-refractivity contribution is 0.0188. The minimum atomic E-state index is 0.250. The number of hydrogen-bond donors (Lipinski definition) is 0. The van der Waals surface area contributed by atoms with Crippen LogP contribution >= 0.6 is 11.8 Å². The molecule has 3 aliphatic heterocycles. The van der Waals surface area contributed by atoms with Crippen LogP contribution in [0.25, 0.3) is 0 Å². The van der Waals surface area contributed by atoms with Gasteiger partial charge in [-0.2, -0.15) is 0 Å². The van der Waals surface area contributed by atoms with Gasteiger partial charge in [0, 0.05) is 44.4 Å². The molecular formula is C32H56N2O5S. The van der Waals surface area contributed by atoms with Gasteiger partial charge in [0.05, 0.1) is 30.1 Å². The zero-order chi connectivity index (χ0) is 29.6. The number of ether oxygens (including phenoxy) is 5. The fourth-order valence-corrected chi connectivity index (χ4v) is 7.09. The maximum Gasteiger partial charge on any atom is 0.191 e. The summed E-state index contributed by atoms with van der Waals surface area (Å²) in [5.74, 6) is 4.88. The smallest absolute Gasteiger partial charge is 0.191 e. The molecule has 0 bridgehead atoms. The van der Waals surface area contributed by atoms with Crippen LogP contribution < -0.4 is 0 Å². The molecule has 0 saturated heterocycles. The van der Waals surface area contributed by atoms with E-state index in [1.807, 2.05) is 0 Å². The van der Waals surface area contributed by atoms with Crippen molar-refractivity contribution in [2.75, 3.05) is 60.0 Å². The highest BCUT2D eigenvalue weighted by Crippen LogP contribution is 2.39. The van der Waals surface area contributed by atoms with Gasteiger partial charge in [0.25, 0.3) is 0 Å². The molecule has 3 heterocycles. The summed E-state index contributed by atoms with van der Waals surface area (Å²) in [6, 6.07) is 0.544. The second-order valence-electron chi connectivity index (χ2n) is 12.5. The number of thioether (sulfide) groups is 1. The zero-order valence-corrected chi connectivity index (χ0v) is 27.9. The molecule has 8 heteroatoms. The summed E-state index contributed by atoms with van der Waals surface area (Å²) in [5.41, 5.74) is 2.66. The predicted octanol–water partition coefficient (Wildman–Crippen LogP) is 6.69. The lowest BCUT2D eigenvalue weighted by atomic mass is 9.89. The number of methoxy groups -OCH3 is 1. The Morgan fingerprint density at radius 1 is 0.750 bits per heavy atom. The van der Waals surface area contributed by atoms with Crippen molar-refractivity contribution in [1.29, 1.82) is 0 Å². The number of allylic oxidation sites excluding steroid dienone is 5. The van der Waals surface area contributed by atoms with Crippen molar-refractivity contribution in [3.05, 3.63) is 33.8 Å². The van der Waals surface area contributed by atoms with Crippen LogP contribution in [0.3, 0.4) is 0 Å². The Kier molecular flexibility index (Phi) is 12.3. The Labute approximate surface area is 248 Å². The van der Waals surface area contributed by atoms with E-state index in [9.17, 15) is 0 Å². The van der Waals surface area contributed by atoms with Crippen molar-refractivity contribution in [3.63, 3.8) is 0 Å². The average Bonchev–Trinajstić information content (AvgIpc) is 2.92. The van der Waals surface area contributed by atoms with Crippen LogP contribution in [-0.2, 0) is 23.7 Å².